The van der Waals surface area contributed by atoms with E-state index in [0.29, 0.717) is 26.2 Å². The van der Waals surface area contributed by atoms with Gasteiger partial charge >= 0.3 is 5.97 Å². The highest BCUT2D eigenvalue weighted by atomic mass is 16.5. The van der Waals surface area contributed by atoms with E-state index in [1.54, 1.807) is 0 Å². The zero-order valence-electron chi connectivity index (χ0n) is 12.2. The number of carboxylic acid groups (broad SMARTS) is 1. The van der Waals surface area contributed by atoms with Crippen molar-refractivity contribution in [3.63, 3.8) is 0 Å². The van der Waals surface area contributed by atoms with Crippen LogP contribution in [0.2, 0.25) is 0 Å². The quantitative estimate of drug-likeness (QED) is 0.889. The molecule has 1 heterocycles. The van der Waals surface area contributed by atoms with Crippen molar-refractivity contribution in [2.24, 2.45) is 0 Å². The van der Waals surface area contributed by atoms with E-state index in [-0.39, 0.29) is 6.42 Å². The van der Waals surface area contributed by atoms with Crippen LogP contribution in [0.1, 0.15) is 28.7 Å². The van der Waals surface area contributed by atoms with Gasteiger partial charge in [0, 0.05) is 6.42 Å². The summed E-state index contributed by atoms with van der Waals surface area (Å²) >= 11 is 0. The minimum Gasteiger partial charge on any atom is -0.489 e. The Balaban J connectivity index is 1.56. The van der Waals surface area contributed by atoms with Crippen LogP contribution in [0.15, 0.2) is 42.5 Å². The smallest absolute Gasteiger partial charge is 0.303 e. The molecule has 1 aliphatic heterocycles. The van der Waals surface area contributed by atoms with Gasteiger partial charge in [0.15, 0.2) is 0 Å². The van der Waals surface area contributed by atoms with E-state index in [1.807, 2.05) is 24.3 Å². The lowest BCUT2D eigenvalue weighted by atomic mass is 10.1. The normalized spacial score (nSPS) is 12.9. The standard InChI is InChI=1S/C18H18O4/c19-18(20)8-4-13-2-6-17(7-3-13)22-10-14-1-5-15-11-21-12-16(15)9-14/h1-3,5-7,9H,4,8,10-12H2,(H,19,20). The number of hydrogen-bond donors (Lipinski definition) is 1. The second-order valence-corrected chi connectivity index (χ2v) is 5.42. The van der Waals surface area contributed by atoms with Gasteiger partial charge in [0.25, 0.3) is 0 Å². The minimum atomic E-state index is -0.777. The molecule has 0 unspecified atom stereocenters. The van der Waals surface area contributed by atoms with E-state index < -0.39 is 5.97 Å². The Morgan fingerprint density at radius 2 is 1.77 bits per heavy atom. The fraction of sp³-hybridized carbons (Fsp3) is 0.278. The molecule has 0 aliphatic carbocycles. The van der Waals surface area contributed by atoms with E-state index in [2.05, 4.69) is 18.2 Å². The van der Waals surface area contributed by atoms with Gasteiger partial charge in [-0.2, -0.15) is 0 Å². The average Bonchev–Trinajstić information content (AvgIpc) is 2.99. The number of carbonyl (C=O) groups is 1. The molecule has 2 aromatic rings. The number of fused-ring (bicyclic) bond motifs is 1. The molecule has 0 aromatic heterocycles. The van der Waals surface area contributed by atoms with Crippen molar-refractivity contribution in [2.45, 2.75) is 32.7 Å². The van der Waals surface area contributed by atoms with E-state index in [1.165, 1.54) is 11.1 Å². The summed E-state index contributed by atoms with van der Waals surface area (Å²) in [7, 11) is 0. The largest absolute Gasteiger partial charge is 0.489 e. The molecule has 0 atom stereocenters. The Labute approximate surface area is 129 Å². The summed E-state index contributed by atoms with van der Waals surface area (Å²) in [6.45, 7) is 1.90. The molecule has 3 rings (SSSR count). The fourth-order valence-corrected chi connectivity index (χ4v) is 2.49. The summed E-state index contributed by atoms with van der Waals surface area (Å²) in [5.41, 5.74) is 4.63. The van der Waals surface area contributed by atoms with Crippen molar-refractivity contribution in [2.75, 3.05) is 0 Å². The first-order chi connectivity index (χ1) is 10.7. The Morgan fingerprint density at radius 3 is 2.55 bits per heavy atom. The van der Waals surface area contributed by atoms with Gasteiger partial charge in [-0.3, -0.25) is 4.79 Å². The Hall–Kier alpha value is -2.33. The maximum Gasteiger partial charge on any atom is 0.303 e. The van der Waals surface area contributed by atoms with Crippen LogP contribution in [0, 0.1) is 0 Å². The van der Waals surface area contributed by atoms with E-state index >= 15 is 0 Å². The van der Waals surface area contributed by atoms with Gasteiger partial charge in [0.1, 0.15) is 12.4 Å². The number of aliphatic carboxylic acids is 1. The van der Waals surface area contributed by atoms with Gasteiger partial charge in [-0.1, -0.05) is 24.3 Å². The number of hydrogen-bond acceptors (Lipinski definition) is 3. The molecule has 0 saturated carbocycles. The number of rotatable bonds is 6. The highest BCUT2D eigenvalue weighted by Crippen LogP contribution is 2.22. The van der Waals surface area contributed by atoms with Crippen molar-refractivity contribution in [3.8, 4) is 5.75 Å². The zero-order valence-corrected chi connectivity index (χ0v) is 12.2. The predicted molar refractivity (Wildman–Crippen MR) is 81.7 cm³/mol. The fourth-order valence-electron chi connectivity index (χ4n) is 2.49. The summed E-state index contributed by atoms with van der Waals surface area (Å²) in [4.78, 5) is 10.5. The lowest BCUT2D eigenvalue weighted by molar-refractivity contribution is -0.136. The van der Waals surface area contributed by atoms with Crippen molar-refractivity contribution >= 4 is 5.97 Å². The van der Waals surface area contributed by atoms with Crippen LogP contribution in [0.4, 0.5) is 0 Å². The third-order valence-corrected chi connectivity index (χ3v) is 3.74. The van der Waals surface area contributed by atoms with E-state index in [4.69, 9.17) is 14.6 Å². The minimum absolute atomic E-state index is 0.150. The highest BCUT2D eigenvalue weighted by molar-refractivity contribution is 5.67. The Bertz CT molecular complexity index is 661. The predicted octanol–water partition coefficient (Wildman–Crippen LogP) is 3.31. The molecule has 22 heavy (non-hydrogen) atoms. The van der Waals surface area contributed by atoms with Crippen molar-refractivity contribution in [3.05, 3.63) is 64.7 Å². The molecule has 0 amide bonds. The first kappa shape index (κ1) is 14.6. The molecular formula is C18H18O4. The van der Waals surface area contributed by atoms with Crippen LogP contribution >= 0.6 is 0 Å². The maximum absolute atomic E-state index is 10.5. The van der Waals surface area contributed by atoms with Crippen LogP contribution in [0.5, 0.6) is 5.75 Å². The number of aryl methyl sites for hydroxylation is 1. The Kier molecular flexibility index (Phi) is 4.39. The third-order valence-electron chi connectivity index (χ3n) is 3.74. The van der Waals surface area contributed by atoms with E-state index in [9.17, 15) is 4.79 Å². The van der Waals surface area contributed by atoms with Gasteiger partial charge in [0.05, 0.1) is 13.2 Å². The highest BCUT2D eigenvalue weighted by Gasteiger charge is 2.11. The maximum atomic E-state index is 10.5. The summed E-state index contributed by atoms with van der Waals surface area (Å²) in [5, 5.41) is 8.67. The zero-order chi connectivity index (χ0) is 15.4. The molecular weight excluding hydrogens is 280 g/mol. The SMILES string of the molecule is O=C(O)CCc1ccc(OCc2ccc3c(c2)COC3)cc1. The monoisotopic (exact) mass is 298 g/mol. The van der Waals surface area contributed by atoms with Crippen LogP contribution < -0.4 is 4.74 Å². The molecule has 0 saturated heterocycles. The molecule has 0 bridgehead atoms. The van der Waals surface area contributed by atoms with Gasteiger partial charge in [0.2, 0.25) is 0 Å². The molecule has 0 radical (unpaired) electrons. The van der Waals surface area contributed by atoms with Gasteiger partial charge < -0.3 is 14.6 Å². The molecule has 4 heteroatoms. The van der Waals surface area contributed by atoms with Gasteiger partial charge in [-0.05, 0) is 46.9 Å². The van der Waals surface area contributed by atoms with Gasteiger partial charge in [-0.25, -0.2) is 0 Å². The van der Waals surface area contributed by atoms with Crippen molar-refractivity contribution < 1.29 is 19.4 Å². The lowest BCUT2D eigenvalue weighted by Gasteiger charge is -2.08. The van der Waals surface area contributed by atoms with Crippen molar-refractivity contribution in [1.29, 1.82) is 0 Å². The molecule has 0 fully saturated rings. The summed E-state index contributed by atoms with van der Waals surface area (Å²) in [6, 6.07) is 13.9. The molecule has 0 spiro atoms. The first-order valence-corrected chi connectivity index (χ1v) is 7.33. The molecule has 1 aliphatic rings. The average molecular weight is 298 g/mol. The number of benzene rings is 2. The van der Waals surface area contributed by atoms with Crippen LogP contribution in [0.3, 0.4) is 0 Å². The number of ether oxygens (including phenoxy) is 2. The van der Waals surface area contributed by atoms with E-state index in [0.717, 1.165) is 16.9 Å². The molecule has 2 aromatic carbocycles. The molecule has 4 nitrogen and oxygen atoms in total. The van der Waals surface area contributed by atoms with Crippen molar-refractivity contribution in [1.82, 2.24) is 0 Å². The Morgan fingerprint density at radius 1 is 1.05 bits per heavy atom. The second-order valence-electron chi connectivity index (χ2n) is 5.42. The molecule has 1 N–H and O–H groups in total. The topological polar surface area (TPSA) is 55.8 Å². The third kappa shape index (κ3) is 3.65. The summed E-state index contributed by atoms with van der Waals surface area (Å²) in [5.74, 6) is 0.0109. The molecule has 114 valence electrons. The van der Waals surface area contributed by atoms with Crippen LogP contribution in [0.25, 0.3) is 0 Å². The summed E-state index contributed by atoms with van der Waals surface area (Å²) < 4.78 is 11.2. The van der Waals surface area contributed by atoms with Gasteiger partial charge in [-0.15, -0.1) is 0 Å². The van der Waals surface area contributed by atoms with Crippen LogP contribution in [-0.4, -0.2) is 11.1 Å². The second kappa shape index (κ2) is 6.62. The van der Waals surface area contributed by atoms with Crippen LogP contribution in [-0.2, 0) is 35.8 Å². The number of carboxylic acids is 1. The lowest BCUT2D eigenvalue weighted by Crippen LogP contribution is -1.98. The summed E-state index contributed by atoms with van der Waals surface area (Å²) in [6.07, 6.45) is 0.692. The first-order valence-electron chi connectivity index (χ1n) is 7.33.